The Hall–Kier alpha value is -0.500. The van der Waals surface area contributed by atoms with Crippen LogP contribution in [0.25, 0.3) is 0 Å². The van der Waals surface area contributed by atoms with Gasteiger partial charge >= 0.3 is 7.82 Å². The van der Waals surface area contributed by atoms with Crippen LogP contribution in [-0.2, 0) is 18.4 Å². The molecule has 1 unspecified atom stereocenters. The van der Waals surface area contributed by atoms with E-state index >= 15 is 0 Å². The summed E-state index contributed by atoms with van der Waals surface area (Å²) in [5, 5.41) is 13.8. The minimum absolute atomic E-state index is 0.0925. The SMILES string of the molecule is CCCCCCCCCCCCCCCCCCC[C@@H](O)[C@H](COP(=O)(O)OCCN)NC(=O)CCCCCCCCCCCCCCCC. The lowest BCUT2D eigenvalue weighted by atomic mass is 10.0. The van der Waals surface area contributed by atoms with Gasteiger partial charge in [0.05, 0.1) is 25.4 Å². The van der Waals surface area contributed by atoms with E-state index in [0.717, 1.165) is 38.5 Å². The predicted octanol–water partition coefficient (Wildman–Crippen LogP) is 11.8. The number of aliphatic hydroxyl groups is 1. The van der Waals surface area contributed by atoms with E-state index in [9.17, 15) is 19.4 Å². The maximum atomic E-state index is 12.7. The fourth-order valence-electron chi connectivity index (χ4n) is 6.67. The summed E-state index contributed by atoms with van der Waals surface area (Å²) in [6.07, 6.45) is 39.6. The quantitative estimate of drug-likeness (QED) is 0.0363. The molecule has 0 aliphatic rings. The number of nitrogens with two attached hydrogens (primary N) is 1. The Morgan fingerprint density at radius 1 is 0.580 bits per heavy atom. The highest BCUT2D eigenvalue weighted by molar-refractivity contribution is 7.47. The molecule has 0 aromatic rings. The zero-order valence-corrected chi connectivity index (χ0v) is 34.1. The molecule has 0 heterocycles. The molecule has 0 bridgehead atoms. The van der Waals surface area contributed by atoms with Crippen molar-refractivity contribution in [2.75, 3.05) is 19.8 Å². The molecule has 0 aromatic carbocycles. The molecule has 0 rings (SSSR count). The van der Waals surface area contributed by atoms with Crippen molar-refractivity contribution in [3.8, 4) is 0 Å². The van der Waals surface area contributed by atoms with Gasteiger partial charge in [-0.15, -0.1) is 0 Å². The van der Waals surface area contributed by atoms with Crippen molar-refractivity contribution in [1.29, 1.82) is 0 Å². The molecule has 9 heteroatoms. The van der Waals surface area contributed by atoms with Gasteiger partial charge in [-0.2, -0.15) is 0 Å². The number of hydrogen-bond acceptors (Lipinski definition) is 6. The second kappa shape index (κ2) is 38.2. The molecule has 0 radical (unpaired) electrons. The number of carbonyl (C=O) groups is 1. The predicted molar refractivity (Wildman–Crippen MR) is 212 cm³/mol. The molecule has 0 aliphatic carbocycles. The molecule has 0 aliphatic heterocycles. The maximum Gasteiger partial charge on any atom is 0.472 e. The molecule has 50 heavy (non-hydrogen) atoms. The van der Waals surface area contributed by atoms with Crippen molar-refractivity contribution in [2.24, 2.45) is 5.73 Å². The van der Waals surface area contributed by atoms with E-state index in [1.54, 1.807) is 0 Å². The Bertz CT molecular complexity index is 759. The molecule has 0 saturated heterocycles. The van der Waals surface area contributed by atoms with Crippen LogP contribution in [0.5, 0.6) is 0 Å². The molecular formula is C41H85N2O6P. The Labute approximate surface area is 310 Å². The van der Waals surface area contributed by atoms with E-state index in [0.29, 0.717) is 12.8 Å². The first-order valence-electron chi connectivity index (χ1n) is 21.7. The summed E-state index contributed by atoms with van der Waals surface area (Å²) in [6.45, 7) is 4.23. The third-order valence-corrected chi connectivity index (χ3v) is 10.9. The van der Waals surface area contributed by atoms with Gasteiger partial charge in [-0.1, -0.05) is 206 Å². The number of carbonyl (C=O) groups excluding carboxylic acids is 1. The van der Waals surface area contributed by atoms with Crippen molar-refractivity contribution in [3.63, 3.8) is 0 Å². The van der Waals surface area contributed by atoms with Crippen molar-refractivity contribution < 1.29 is 28.4 Å². The first-order chi connectivity index (χ1) is 24.4. The molecule has 5 N–H and O–H groups in total. The Morgan fingerprint density at radius 3 is 1.28 bits per heavy atom. The number of unbranched alkanes of at least 4 members (excludes halogenated alkanes) is 29. The summed E-state index contributed by atoms with van der Waals surface area (Å²) in [4.78, 5) is 22.7. The lowest BCUT2D eigenvalue weighted by Crippen LogP contribution is -2.46. The second-order valence-corrected chi connectivity index (χ2v) is 16.4. The molecule has 0 fully saturated rings. The average molecular weight is 733 g/mol. The highest BCUT2D eigenvalue weighted by Gasteiger charge is 2.27. The number of hydrogen-bond donors (Lipinski definition) is 4. The van der Waals surface area contributed by atoms with E-state index in [4.69, 9.17) is 14.8 Å². The van der Waals surface area contributed by atoms with Crippen LogP contribution in [0.3, 0.4) is 0 Å². The van der Waals surface area contributed by atoms with Gasteiger partial charge in [-0.05, 0) is 12.8 Å². The van der Waals surface area contributed by atoms with Crippen LogP contribution in [-0.4, -0.2) is 47.8 Å². The number of aliphatic hydroxyl groups excluding tert-OH is 1. The molecule has 0 aromatic heterocycles. The molecule has 0 saturated carbocycles. The van der Waals surface area contributed by atoms with Crippen LogP contribution in [0.15, 0.2) is 0 Å². The van der Waals surface area contributed by atoms with Crippen LogP contribution in [0, 0.1) is 0 Å². The lowest BCUT2D eigenvalue weighted by molar-refractivity contribution is -0.123. The molecular weight excluding hydrogens is 647 g/mol. The lowest BCUT2D eigenvalue weighted by Gasteiger charge is -2.25. The summed E-state index contributed by atoms with van der Waals surface area (Å²) in [5.41, 5.74) is 5.38. The fourth-order valence-corrected chi connectivity index (χ4v) is 7.43. The number of phosphoric acid groups is 1. The molecule has 300 valence electrons. The van der Waals surface area contributed by atoms with E-state index in [2.05, 4.69) is 19.2 Å². The summed E-state index contributed by atoms with van der Waals surface area (Å²) < 4.78 is 22.2. The van der Waals surface area contributed by atoms with Crippen molar-refractivity contribution in [3.05, 3.63) is 0 Å². The fraction of sp³-hybridized carbons (Fsp3) is 0.976. The third kappa shape index (κ3) is 35.9. The largest absolute Gasteiger partial charge is 0.472 e. The van der Waals surface area contributed by atoms with Crippen molar-refractivity contribution >= 4 is 13.7 Å². The minimum Gasteiger partial charge on any atom is -0.391 e. The number of amides is 1. The standard InChI is InChI=1S/C41H85N2O6P/c1-3-5-7-9-11-13-15-17-19-20-21-22-24-26-28-30-32-34-40(44)39(38-49-50(46,47)48-37-36-42)43-41(45)35-33-31-29-27-25-23-18-16-14-12-10-8-6-4-2/h39-40,44H,3-38,42H2,1-2H3,(H,43,45)(H,46,47)/t39-,40+/m0/s1. The van der Waals surface area contributed by atoms with Crippen molar-refractivity contribution in [1.82, 2.24) is 5.32 Å². The van der Waals surface area contributed by atoms with Crippen LogP contribution < -0.4 is 11.1 Å². The number of rotatable bonds is 41. The number of nitrogens with one attached hydrogen (secondary N) is 1. The summed E-state index contributed by atoms with van der Waals surface area (Å²) in [7, 11) is -4.31. The summed E-state index contributed by atoms with van der Waals surface area (Å²) in [5.74, 6) is -0.158. The normalized spacial score (nSPS) is 14.1. The Morgan fingerprint density at radius 2 is 0.920 bits per heavy atom. The van der Waals surface area contributed by atoms with Gasteiger partial charge in [-0.3, -0.25) is 13.8 Å². The van der Waals surface area contributed by atoms with Gasteiger partial charge in [0.1, 0.15) is 0 Å². The first kappa shape index (κ1) is 49.5. The van der Waals surface area contributed by atoms with E-state index in [1.165, 1.54) is 161 Å². The van der Waals surface area contributed by atoms with E-state index in [1.807, 2.05) is 0 Å². The Kier molecular flexibility index (Phi) is 37.8. The highest BCUT2D eigenvalue weighted by atomic mass is 31.2. The van der Waals surface area contributed by atoms with Crippen LogP contribution in [0.4, 0.5) is 0 Å². The van der Waals surface area contributed by atoms with Crippen molar-refractivity contribution in [2.45, 2.75) is 238 Å². The topological polar surface area (TPSA) is 131 Å². The third-order valence-electron chi connectivity index (χ3n) is 9.96. The molecule has 0 spiro atoms. The van der Waals surface area contributed by atoms with Gasteiger partial charge < -0.3 is 21.1 Å². The highest BCUT2D eigenvalue weighted by Crippen LogP contribution is 2.43. The van der Waals surface area contributed by atoms with Gasteiger partial charge in [0, 0.05) is 13.0 Å². The van der Waals surface area contributed by atoms with Crippen LogP contribution >= 0.6 is 7.82 Å². The van der Waals surface area contributed by atoms with Gasteiger partial charge in [0.2, 0.25) is 5.91 Å². The molecule has 3 atom stereocenters. The average Bonchev–Trinajstić information content (AvgIpc) is 3.10. The Balaban J connectivity index is 4.13. The smallest absolute Gasteiger partial charge is 0.391 e. The molecule has 8 nitrogen and oxygen atoms in total. The van der Waals surface area contributed by atoms with Crippen LogP contribution in [0.2, 0.25) is 0 Å². The summed E-state index contributed by atoms with van der Waals surface area (Å²) >= 11 is 0. The number of phosphoric ester groups is 1. The van der Waals surface area contributed by atoms with E-state index in [-0.39, 0.29) is 25.7 Å². The zero-order chi connectivity index (χ0) is 36.8. The maximum absolute atomic E-state index is 12.7. The minimum atomic E-state index is -4.31. The van der Waals surface area contributed by atoms with Crippen LogP contribution in [0.1, 0.15) is 226 Å². The van der Waals surface area contributed by atoms with E-state index < -0.39 is 20.0 Å². The monoisotopic (exact) mass is 733 g/mol. The molecule has 1 amide bonds. The van der Waals surface area contributed by atoms with Gasteiger partial charge in [0.15, 0.2) is 0 Å². The van der Waals surface area contributed by atoms with Gasteiger partial charge in [0.25, 0.3) is 0 Å². The zero-order valence-electron chi connectivity index (χ0n) is 33.2. The van der Waals surface area contributed by atoms with Gasteiger partial charge in [-0.25, -0.2) is 4.57 Å². The second-order valence-electron chi connectivity index (χ2n) is 14.9. The first-order valence-corrected chi connectivity index (χ1v) is 23.1. The summed E-state index contributed by atoms with van der Waals surface area (Å²) in [6, 6.07) is -0.767.